The molecular formula is C19H21N5O4S. The van der Waals surface area contributed by atoms with E-state index in [0.29, 0.717) is 47.5 Å². The number of aromatic nitrogens is 4. The molecule has 29 heavy (non-hydrogen) atoms. The number of benzene rings is 1. The lowest BCUT2D eigenvalue weighted by atomic mass is 10.1. The van der Waals surface area contributed by atoms with Crippen molar-refractivity contribution in [2.45, 2.75) is 19.1 Å². The van der Waals surface area contributed by atoms with Gasteiger partial charge in [-0.15, -0.1) is 0 Å². The molecule has 152 valence electrons. The fourth-order valence-electron chi connectivity index (χ4n) is 2.95. The standard InChI is InChI=1S/C19H21N5O4S/c1-12-15(23-10-22-12)9-29(26)5-4-20-19-21-8-14(18(25)24-19)6-13-2-3-16-17(7-13)28-11-27-16/h2-3,7-8,10H,4-6,9,11H2,1H3,(H,22,23)(H2,20,21,24,25). The average molecular weight is 415 g/mol. The maximum atomic E-state index is 12.4. The highest BCUT2D eigenvalue weighted by Crippen LogP contribution is 2.32. The van der Waals surface area contributed by atoms with Gasteiger partial charge in [-0.1, -0.05) is 6.07 Å². The van der Waals surface area contributed by atoms with E-state index in [1.165, 1.54) is 0 Å². The molecule has 1 aliphatic heterocycles. The number of nitrogens with zero attached hydrogens (tertiary/aromatic N) is 2. The van der Waals surface area contributed by atoms with E-state index in [0.717, 1.165) is 17.0 Å². The third-order valence-corrected chi connectivity index (χ3v) is 5.81. The van der Waals surface area contributed by atoms with Crippen LogP contribution in [-0.4, -0.2) is 43.2 Å². The summed E-state index contributed by atoms with van der Waals surface area (Å²) in [6, 6.07) is 5.60. The molecule has 0 amide bonds. The molecule has 1 aromatic carbocycles. The Morgan fingerprint density at radius 2 is 2.10 bits per heavy atom. The van der Waals surface area contributed by atoms with Crippen LogP contribution in [0, 0.1) is 6.92 Å². The van der Waals surface area contributed by atoms with E-state index >= 15 is 0 Å². The highest BCUT2D eigenvalue weighted by atomic mass is 32.2. The summed E-state index contributed by atoms with van der Waals surface area (Å²) >= 11 is 0. The van der Waals surface area contributed by atoms with E-state index in [4.69, 9.17) is 9.47 Å². The smallest absolute Gasteiger partial charge is 0.255 e. The first kappa shape index (κ1) is 19.2. The number of hydrogen-bond acceptors (Lipinski definition) is 7. The van der Waals surface area contributed by atoms with Gasteiger partial charge in [-0.3, -0.25) is 14.0 Å². The molecule has 1 atom stereocenters. The number of anilines is 1. The van der Waals surface area contributed by atoms with Crippen LogP contribution >= 0.6 is 0 Å². The lowest BCUT2D eigenvalue weighted by molar-refractivity contribution is 0.174. The normalized spacial score (nSPS) is 13.4. The summed E-state index contributed by atoms with van der Waals surface area (Å²) in [7, 11) is -1.06. The number of H-pyrrole nitrogens is 2. The molecule has 0 radical (unpaired) electrons. The number of aromatic amines is 2. The van der Waals surface area contributed by atoms with Crippen molar-refractivity contribution in [1.82, 2.24) is 19.9 Å². The average Bonchev–Trinajstić information content (AvgIpc) is 3.32. The minimum atomic E-state index is -1.06. The van der Waals surface area contributed by atoms with Gasteiger partial charge in [0, 0.05) is 47.0 Å². The fourth-order valence-corrected chi connectivity index (χ4v) is 4.02. The zero-order valence-electron chi connectivity index (χ0n) is 15.9. The van der Waals surface area contributed by atoms with Crippen LogP contribution < -0.4 is 20.3 Å². The van der Waals surface area contributed by atoms with E-state index in [1.807, 2.05) is 25.1 Å². The number of imidazole rings is 1. The van der Waals surface area contributed by atoms with Crippen molar-refractivity contribution in [3.8, 4) is 11.5 Å². The third kappa shape index (κ3) is 4.65. The number of fused-ring (bicyclic) bond motifs is 1. The Hall–Kier alpha value is -3.14. The number of nitrogens with one attached hydrogen (secondary N) is 3. The van der Waals surface area contributed by atoms with E-state index in [9.17, 15) is 9.00 Å². The predicted molar refractivity (Wildman–Crippen MR) is 109 cm³/mol. The Kier molecular flexibility index (Phi) is 5.61. The first-order valence-electron chi connectivity index (χ1n) is 9.13. The molecule has 0 saturated heterocycles. The molecular weight excluding hydrogens is 394 g/mol. The summed E-state index contributed by atoms with van der Waals surface area (Å²) in [4.78, 5) is 26.5. The minimum absolute atomic E-state index is 0.214. The van der Waals surface area contributed by atoms with Crippen molar-refractivity contribution in [3.63, 3.8) is 0 Å². The van der Waals surface area contributed by atoms with Gasteiger partial charge in [-0.2, -0.15) is 0 Å². The summed E-state index contributed by atoms with van der Waals surface area (Å²) < 4.78 is 22.8. The number of ether oxygens (including phenoxy) is 2. The Bertz CT molecular complexity index is 1090. The Morgan fingerprint density at radius 3 is 2.90 bits per heavy atom. The van der Waals surface area contributed by atoms with Crippen molar-refractivity contribution in [1.29, 1.82) is 0 Å². The SMILES string of the molecule is Cc1[nH]cnc1CS(=O)CCNc1ncc(Cc2ccc3c(c2)OCO3)c(=O)[nH]1. The highest BCUT2D eigenvalue weighted by Gasteiger charge is 2.14. The summed E-state index contributed by atoms with van der Waals surface area (Å²) in [5.41, 5.74) is 3.00. The minimum Gasteiger partial charge on any atom is -0.454 e. The second-order valence-electron chi connectivity index (χ2n) is 6.64. The number of hydrogen-bond donors (Lipinski definition) is 3. The molecule has 9 nitrogen and oxygen atoms in total. The topological polar surface area (TPSA) is 122 Å². The molecule has 0 spiro atoms. The van der Waals surface area contributed by atoms with Crippen molar-refractivity contribution in [2.24, 2.45) is 0 Å². The Balaban J connectivity index is 1.31. The van der Waals surface area contributed by atoms with Crippen LogP contribution in [0.1, 0.15) is 22.5 Å². The van der Waals surface area contributed by atoms with Gasteiger partial charge in [-0.25, -0.2) is 9.97 Å². The first-order valence-corrected chi connectivity index (χ1v) is 10.6. The molecule has 0 aliphatic carbocycles. The predicted octanol–water partition coefficient (Wildman–Crippen LogP) is 1.48. The fraction of sp³-hybridized carbons (Fsp3) is 0.316. The van der Waals surface area contributed by atoms with Crippen molar-refractivity contribution in [3.05, 3.63) is 63.6 Å². The van der Waals surface area contributed by atoms with Crippen LogP contribution in [0.2, 0.25) is 0 Å². The maximum absolute atomic E-state index is 12.4. The molecule has 3 aromatic rings. The molecule has 3 N–H and O–H groups in total. The molecule has 3 heterocycles. The summed E-state index contributed by atoms with van der Waals surface area (Å²) in [6.07, 6.45) is 3.59. The molecule has 0 bridgehead atoms. The van der Waals surface area contributed by atoms with Gasteiger partial charge < -0.3 is 19.8 Å². The Labute approximate surface area is 169 Å². The van der Waals surface area contributed by atoms with Gasteiger partial charge >= 0.3 is 0 Å². The molecule has 1 unspecified atom stereocenters. The maximum Gasteiger partial charge on any atom is 0.255 e. The summed E-state index contributed by atoms with van der Waals surface area (Å²) in [5.74, 6) is 2.57. The largest absolute Gasteiger partial charge is 0.454 e. The van der Waals surface area contributed by atoms with E-state index in [1.54, 1.807) is 12.5 Å². The second kappa shape index (κ2) is 8.48. The Morgan fingerprint density at radius 1 is 1.24 bits per heavy atom. The lowest BCUT2D eigenvalue weighted by Gasteiger charge is -2.07. The van der Waals surface area contributed by atoms with Crippen molar-refractivity contribution in [2.75, 3.05) is 24.4 Å². The van der Waals surface area contributed by atoms with Crippen LogP contribution in [0.15, 0.2) is 35.5 Å². The summed E-state index contributed by atoms with van der Waals surface area (Å²) in [6.45, 7) is 2.55. The zero-order chi connectivity index (χ0) is 20.2. The van der Waals surface area contributed by atoms with E-state index < -0.39 is 10.8 Å². The number of rotatable bonds is 8. The number of aryl methyl sites for hydroxylation is 1. The van der Waals surface area contributed by atoms with E-state index in [-0.39, 0.29) is 12.4 Å². The van der Waals surface area contributed by atoms with Crippen LogP contribution in [0.5, 0.6) is 11.5 Å². The lowest BCUT2D eigenvalue weighted by Crippen LogP contribution is -2.19. The molecule has 0 fully saturated rings. The zero-order valence-corrected chi connectivity index (χ0v) is 16.7. The second-order valence-corrected chi connectivity index (χ2v) is 8.22. The van der Waals surface area contributed by atoms with Gasteiger partial charge in [0.1, 0.15) is 0 Å². The molecule has 1 aliphatic rings. The van der Waals surface area contributed by atoms with Crippen molar-refractivity contribution < 1.29 is 13.7 Å². The summed E-state index contributed by atoms with van der Waals surface area (Å²) in [5, 5.41) is 3.01. The molecule has 0 saturated carbocycles. The molecule has 10 heteroatoms. The molecule has 4 rings (SSSR count). The first-order chi connectivity index (χ1) is 14.1. The van der Waals surface area contributed by atoms with Crippen LogP contribution in [0.25, 0.3) is 0 Å². The van der Waals surface area contributed by atoms with Crippen LogP contribution in [-0.2, 0) is 23.0 Å². The monoisotopic (exact) mass is 415 g/mol. The van der Waals surface area contributed by atoms with Gasteiger partial charge in [0.25, 0.3) is 5.56 Å². The van der Waals surface area contributed by atoms with Gasteiger partial charge in [0.15, 0.2) is 11.5 Å². The van der Waals surface area contributed by atoms with Crippen LogP contribution in [0.4, 0.5) is 5.95 Å². The van der Waals surface area contributed by atoms with Gasteiger partial charge in [0.2, 0.25) is 12.7 Å². The third-order valence-electron chi connectivity index (χ3n) is 4.56. The van der Waals surface area contributed by atoms with Crippen molar-refractivity contribution >= 4 is 16.7 Å². The van der Waals surface area contributed by atoms with Crippen LogP contribution in [0.3, 0.4) is 0 Å². The van der Waals surface area contributed by atoms with Gasteiger partial charge in [0.05, 0.1) is 17.8 Å². The highest BCUT2D eigenvalue weighted by molar-refractivity contribution is 7.84. The van der Waals surface area contributed by atoms with E-state index in [2.05, 4.69) is 25.3 Å². The van der Waals surface area contributed by atoms with Gasteiger partial charge in [-0.05, 0) is 24.6 Å². The quantitative estimate of drug-likeness (QED) is 0.509. The molecule has 2 aromatic heterocycles.